The molecule has 0 N–H and O–H groups in total. The molecule has 0 aliphatic heterocycles. The first-order valence-electron chi connectivity index (χ1n) is 5.57. The molecule has 0 bridgehead atoms. The predicted molar refractivity (Wildman–Crippen MR) is 63.6 cm³/mol. The van der Waals surface area contributed by atoms with Gasteiger partial charge in [-0.25, -0.2) is 4.79 Å². The van der Waals surface area contributed by atoms with E-state index in [0.29, 0.717) is 12.0 Å². The van der Waals surface area contributed by atoms with Crippen LogP contribution in [0.15, 0.2) is 16.8 Å². The molecule has 0 saturated heterocycles. The number of nitrogens with zero attached hydrogens (tertiary/aromatic N) is 3. The molecule has 1 aliphatic carbocycles. The minimum atomic E-state index is -0.425. The van der Waals surface area contributed by atoms with Gasteiger partial charge in [0, 0.05) is 23.6 Å². The van der Waals surface area contributed by atoms with Gasteiger partial charge in [0.25, 0.3) is 0 Å². The molecule has 0 radical (unpaired) electrons. The lowest BCUT2D eigenvalue weighted by Gasteiger charge is -2.31. The van der Waals surface area contributed by atoms with Crippen LogP contribution >= 0.6 is 0 Å². The van der Waals surface area contributed by atoms with Crippen molar-refractivity contribution in [3.05, 3.63) is 22.1 Å². The molecular weight excluding hydrogens is 238 g/mol. The molecule has 7 nitrogen and oxygen atoms in total. The molecule has 100 valence electrons. The summed E-state index contributed by atoms with van der Waals surface area (Å²) in [6.07, 6.45) is 1.74. The maximum absolute atomic E-state index is 11.5. The number of rotatable bonds is 5. The number of ether oxygens (including phenoxy) is 3. The van der Waals surface area contributed by atoms with Crippen LogP contribution in [0.3, 0.4) is 0 Å². The summed E-state index contributed by atoms with van der Waals surface area (Å²) in [6, 6.07) is -0.323. The van der Waals surface area contributed by atoms with Crippen LogP contribution < -0.4 is 0 Å². The topological polar surface area (TPSA) is 93.5 Å². The lowest BCUT2D eigenvalue weighted by molar-refractivity contribution is -0.137. The van der Waals surface area contributed by atoms with Crippen molar-refractivity contribution in [3.8, 4) is 0 Å². The molecule has 0 fully saturated rings. The Balaban J connectivity index is 2.90. The van der Waals surface area contributed by atoms with Crippen molar-refractivity contribution in [2.45, 2.75) is 25.5 Å². The molecule has 0 saturated carbocycles. The largest absolute Gasteiger partial charge is 0.466 e. The number of hydrogen-bond acceptors (Lipinski definition) is 5. The van der Waals surface area contributed by atoms with Gasteiger partial charge in [-0.2, -0.15) is 0 Å². The fourth-order valence-electron chi connectivity index (χ4n) is 1.89. The number of azide groups is 1. The van der Waals surface area contributed by atoms with E-state index < -0.39 is 5.97 Å². The quantitative estimate of drug-likeness (QED) is 0.246. The molecule has 7 heteroatoms. The molecule has 1 rings (SSSR count). The average molecular weight is 255 g/mol. The second kappa shape index (κ2) is 7.00. The molecule has 18 heavy (non-hydrogen) atoms. The number of methoxy groups -OCH3 is 2. The van der Waals surface area contributed by atoms with Gasteiger partial charge in [-0.05, 0) is 23.9 Å². The Hall–Kier alpha value is -1.56. The summed E-state index contributed by atoms with van der Waals surface area (Å²) >= 11 is 0. The third-order valence-electron chi connectivity index (χ3n) is 2.95. The van der Waals surface area contributed by atoms with Crippen LogP contribution in [0.2, 0.25) is 0 Å². The third-order valence-corrected chi connectivity index (χ3v) is 2.95. The van der Waals surface area contributed by atoms with Gasteiger partial charge in [0.1, 0.15) is 6.79 Å². The van der Waals surface area contributed by atoms with Crippen LogP contribution in [0.25, 0.3) is 10.4 Å². The van der Waals surface area contributed by atoms with E-state index in [4.69, 9.17) is 15.0 Å². The van der Waals surface area contributed by atoms with Crippen molar-refractivity contribution >= 4 is 5.97 Å². The molecule has 0 heterocycles. The van der Waals surface area contributed by atoms with E-state index in [0.717, 1.165) is 0 Å². The van der Waals surface area contributed by atoms with Crippen LogP contribution in [0.4, 0.5) is 0 Å². The molecule has 0 aromatic heterocycles. The number of hydrogen-bond donors (Lipinski definition) is 0. The van der Waals surface area contributed by atoms with E-state index in [1.807, 2.05) is 6.92 Å². The van der Waals surface area contributed by atoms with Gasteiger partial charge >= 0.3 is 5.97 Å². The molecule has 0 spiro atoms. The van der Waals surface area contributed by atoms with E-state index in [2.05, 4.69) is 14.8 Å². The van der Waals surface area contributed by atoms with E-state index in [9.17, 15) is 4.79 Å². The lowest BCUT2D eigenvalue weighted by Crippen LogP contribution is -2.35. The van der Waals surface area contributed by atoms with Gasteiger partial charge in [-0.3, -0.25) is 0 Å². The first kappa shape index (κ1) is 14.5. The Morgan fingerprint density at radius 2 is 2.33 bits per heavy atom. The zero-order chi connectivity index (χ0) is 13.5. The minimum absolute atomic E-state index is 0.0237. The van der Waals surface area contributed by atoms with E-state index in [-0.39, 0.29) is 24.9 Å². The smallest absolute Gasteiger partial charge is 0.333 e. The van der Waals surface area contributed by atoms with Crippen LogP contribution in [0.1, 0.15) is 13.3 Å². The van der Waals surface area contributed by atoms with Crippen molar-refractivity contribution in [2.24, 2.45) is 11.0 Å². The molecule has 3 atom stereocenters. The Morgan fingerprint density at radius 1 is 1.61 bits per heavy atom. The van der Waals surface area contributed by atoms with E-state index >= 15 is 0 Å². The second-order valence-electron chi connectivity index (χ2n) is 4.06. The van der Waals surface area contributed by atoms with Gasteiger partial charge in [0.05, 0.1) is 13.2 Å². The molecule has 0 aromatic rings. The monoisotopic (exact) mass is 255 g/mol. The fraction of sp³-hybridized carbons (Fsp3) is 0.727. The number of carbonyl (C=O) groups is 1. The molecular formula is C11H17N3O4. The third kappa shape index (κ3) is 3.46. The van der Waals surface area contributed by atoms with Crippen molar-refractivity contribution in [3.63, 3.8) is 0 Å². The van der Waals surface area contributed by atoms with Crippen molar-refractivity contribution in [1.82, 2.24) is 0 Å². The zero-order valence-corrected chi connectivity index (χ0v) is 10.7. The van der Waals surface area contributed by atoms with Gasteiger partial charge in [0.15, 0.2) is 0 Å². The van der Waals surface area contributed by atoms with Gasteiger partial charge in [-0.1, -0.05) is 12.0 Å². The maximum atomic E-state index is 11.5. The average Bonchev–Trinajstić information content (AvgIpc) is 2.39. The highest BCUT2D eigenvalue weighted by Gasteiger charge is 2.32. The van der Waals surface area contributed by atoms with Gasteiger partial charge in [0.2, 0.25) is 0 Å². The highest BCUT2D eigenvalue weighted by molar-refractivity contribution is 5.88. The standard InChI is InChI=1S/C11H17N3O4/c1-7-9(13-14-12)4-8(11(15)17-3)5-10(7)18-6-16-2/h5,7,9-10H,4,6H2,1-3H3/t7-,9?,10?/m0/s1. The normalized spacial score (nSPS) is 27.1. The zero-order valence-electron chi connectivity index (χ0n) is 10.7. The fourth-order valence-corrected chi connectivity index (χ4v) is 1.89. The van der Waals surface area contributed by atoms with E-state index in [1.54, 1.807) is 6.08 Å². The minimum Gasteiger partial charge on any atom is -0.466 e. The molecule has 0 aromatic carbocycles. The summed E-state index contributed by atoms with van der Waals surface area (Å²) in [5.41, 5.74) is 9.00. The predicted octanol–water partition coefficient (Wildman–Crippen LogP) is 1.79. The Kier molecular flexibility index (Phi) is 5.64. The molecule has 0 amide bonds. The van der Waals surface area contributed by atoms with Crippen molar-refractivity contribution in [1.29, 1.82) is 0 Å². The molecule has 1 aliphatic rings. The Bertz CT molecular complexity index is 376. The first-order valence-corrected chi connectivity index (χ1v) is 5.57. The van der Waals surface area contributed by atoms with Crippen molar-refractivity contribution in [2.75, 3.05) is 21.0 Å². The summed E-state index contributed by atoms with van der Waals surface area (Å²) in [5, 5.41) is 3.70. The van der Waals surface area contributed by atoms with Crippen molar-refractivity contribution < 1.29 is 19.0 Å². The Morgan fingerprint density at radius 3 is 2.89 bits per heavy atom. The summed E-state index contributed by atoms with van der Waals surface area (Å²) in [4.78, 5) is 14.3. The van der Waals surface area contributed by atoms with Gasteiger partial charge < -0.3 is 14.2 Å². The summed E-state index contributed by atoms with van der Waals surface area (Å²) in [5.74, 6) is -0.449. The van der Waals surface area contributed by atoms with E-state index in [1.165, 1.54) is 14.2 Å². The van der Waals surface area contributed by atoms with Gasteiger partial charge in [-0.15, -0.1) is 0 Å². The Labute approximate surface area is 105 Å². The highest BCUT2D eigenvalue weighted by atomic mass is 16.7. The lowest BCUT2D eigenvalue weighted by atomic mass is 9.84. The van der Waals surface area contributed by atoms with Crippen LogP contribution in [-0.4, -0.2) is 39.1 Å². The highest BCUT2D eigenvalue weighted by Crippen LogP contribution is 2.29. The van der Waals surface area contributed by atoms with Crippen LogP contribution in [0.5, 0.6) is 0 Å². The summed E-state index contributed by atoms with van der Waals surface area (Å²) in [6.45, 7) is 2.02. The summed E-state index contributed by atoms with van der Waals surface area (Å²) < 4.78 is 15.0. The number of carbonyl (C=O) groups excluding carboxylic acids is 1. The summed E-state index contributed by atoms with van der Waals surface area (Å²) in [7, 11) is 2.83. The number of esters is 1. The maximum Gasteiger partial charge on any atom is 0.333 e. The molecule has 2 unspecified atom stereocenters. The first-order chi connectivity index (χ1) is 8.63. The SMILES string of the molecule is COCOC1C=C(C(=O)OC)CC(N=[N+]=[N-])[C@@H]1C. The van der Waals surface area contributed by atoms with Crippen LogP contribution in [-0.2, 0) is 19.0 Å². The van der Waals surface area contributed by atoms with Crippen LogP contribution in [0, 0.1) is 5.92 Å². The second-order valence-corrected chi connectivity index (χ2v) is 4.06.